The zero-order chi connectivity index (χ0) is 16.2. The molecule has 0 unspecified atom stereocenters. The molecule has 7 heteroatoms. The predicted molar refractivity (Wildman–Crippen MR) is 86.8 cm³/mol. The number of carbonyl (C=O) groups is 2. The van der Waals surface area contributed by atoms with Crippen LogP contribution in [0.2, 0.25) is 0 Å². The summed E-state index contributed by atoms with van der Waals surface area (Å²) >= 11 is 1.09. The molecule has 0 aliphatic heterocycles. The Balaban J connectivity index is 1.66. The third kappa shape index (κ3) is 3.64. The van der Waals surface area contributed by atoms with E-state index in [2.05, 4.69) is 10.3 Å². The molecule has 23 heavy (non-hydrogen) atoms. The number of fused-ring (bicyclic) bond motifs is 1. The van der Waals surface area contributed by atoms with E-state index in [1.54, 1.807) is 18.2 Å². The second-order valence-electron chi connectivity index (χ2n) is 4.69. The topological polar surface area (TPSA) is 88.5 Å². The highest BCUT2D eigenvalue weighted by atomic mass is 32.1. The number of nitrogens with zero attached hydrogens (tertiary/aromatic N) is 1. The van der Waals surface area contributed by atoms with Crippen LogP contribution >= 0.6 is 11.3 Å². The number of carbonyl (C=O) groups excluding carboxylic acids is 1. The van der Waals surface area contributed by atoms with Gasteiger partial charge in [0.15, 0.2) is 0 Å². The van der Waals surface area contributed by atoms with Gasteiger partial charge in [-0.3, -0.25) is 5.32 Å². The number of rotatable bonds is 4. The predicted octanol–water partition coefficient (Wildman–Crippen LogP) is 3.74. The molecule has 3 rings (SSSR count). The number of hydrogen-bond acceptors (Lipinski definition) is 5. The van der Waals surface area contributed by atoms with Crippen molar-refractivity contribution in [2.45, 2.75) is 6.61 Å². The minimum Gasteiger partial charge on any atom is -0.476 e. The van der Waals surface area contributed by atoms with E-state index in [1.807, 2.05) is 30.3 Å². The molecule has 1 heterocycles. The van der Waals surface area contributed by atoms with Gasteiger partial charge in [-0.2, -0.15) is 0 Å². The monoisotopic (exact) mass is 328 g/mol. The highest BCUT2D eigenvalue weighted by molar-refractivity contribution is 7.20. The summed E-state index contributed by atoms with van der Waals surface area (Å²) < 4.78 is 5.87. The Labute approximate surface area is 135 Å². The molecule has 116 valence electrons. The lowest BCUT2D eigenvalue weighted by Crippen LogP contribution is -2.13. The van der Waals surface area contributed by atoms with Crippen molar-refractivity contribution in [3.63, 3.8) is 0 Å². The molecule has 0 fully saturated rings. The van der Waals surface area contributed by atoms with Gasteiger partial charge >= 0.3 is 12.1 Å². The van der Waals surface area contributed by atoms with Crippen LogP contribution in [0.3, 0.4) is 0 Å². The molecule has 0 aliphatic carbocycles. The molecule has 2 N–H and O–H groups in total. The van der Waals surface area contributed by atoms with Gasteiger partial charge in [-0.25, -0.2) is 14.6 Å². The van der Waals surface area contributed by atoms with Gasteiger partial charge in [0, 0.05) is 5.69 Å². The fourth-order valence-electron chi connectivity index (χ4n) is 1.97. The van der Waals surface area contributed by atoms with E-state index < -0.39 is 12.1 Å². The van der Waals surface area contributed by atoms with E-state index in [0.29, 0.717) is 11.2 Å². The number of nitrogens with one attached hydrogen (secondary N) is 1. The lowest BCUT2D eigenvalue weighted by Gasteiger charge is -2.07. The molecule has 2 aromatic carbocycles. The number of ether oxygens (including phenoxy) is 1. The molecule has 0 spiro atoms. The summed E-state index contributed by atoms with van der Waals surface area (Å²) in [6.07, 6.45) is -0.582. The molecule has 0 aliphatic rings. The Hall–Kier alpha value is -2.93. The Kier molecular flexibility index (Phi) is 4.20. The van der Waals surface area contributed by atoms with Crippen LogP contribution in [-0.4, -0.2) is 22.2 Å². The molecular formula is C16H12N2O4S. The first-order valence-electron chi connectivity index (χ1n) is 6.73. The number of benzene rings is 2. The van der Waals surface area contributed by atoms with E-state index in [-0.39, 0.29) is 11.6 Å². The fraction of sp³-hybridized carbons (Fsp3) is 0.0625. The van der Waals surface area contributed by atoms with Gasteiger partial charge in [-0.1, -0.05) is 30.3 Å². The number of thiazole rings is 1. The van der Waals surface area contributed by atoms with E-state index in [1.165, 1.54) is 0 Å². The number of anilines is 1. The second kappa shape index (κ2) is 6.45. The molecule has 1 aromatic heterocycles. The minimum atomic E-state index is -1.07. The van der Waals surface area contributed by atoms with Gasteiger partial charge < -0.3 is 9.84 Å². The van der Waals surface area contributed by atoms with Crippen molar-refractivity contribution in [1.29, 1.82) is 0 Å². The van der Waals surface area contributed by atoms with Crippen LogP contribution in [0.25, 0.3) is 10.2 Å². The first-order valence-corrected chi connectivity index (χ1v) is 7.55. The van der Waals surface area contributed by atoms with Crippen molar-refractivity contribution in [2.24, 2.45) is 0 Å². The maximum absolute atomic E-state index is 11.8. The Bertz CT molecular complexity index is 861. The van der Waals surface area contributed by atoms with Crippen LogP contribution in [0.5, 0.6) is 0 Å². The zero-order valence-electron chi connectivity index (χ0n) is 11.9. The third-order valence-corrected chi connectivity index (χ3v) is 4.05. The van der Waals surface area contributed by atoms with Crippen molar-refractivity contribution >= 4 is 39.3 Å². The summed E-state index contributed by atoms with van der Waals surface area (Å²) in [5.74, 6) is -1.07. The number of hydrogen-bond donors (Lipinski definition) is 2. The van der Waals surface area contributed by atoms with Crippen molar-refractivity contribution in [3.05, 3.63) is 59.1 Å². The highest BCUT2D eigenvalue weighted by Crippen LogP contribution is 2.25. The van der Waals surface area contributed by atoms with Gasteiger partial charge in [0.1, 0.15) is 6.61 Å². The van der Waals surface area contributed by atoms with Crippen LogP contribution in [0, 0.1) is 0 Å². The van der Waals surface area contributed by atoms with Crippen molar-refractivity contribution in [3.8, 4) is 0 Å². The lowest BCUT2D eigenvalue weighted by molar-refractivity contribution is 0.0696. The second-order valence-corrected chi connectivity index (χ2v) is 5.72. The standard InChI is InChI=1S/C16H12N2O4S/c19-15(20)14-18-12-8-11(6-7-13(12)23-14)17-16(21)22-9-10-4-2-1-3-5-10/h1-8H,9H2,(H,17,21)(H,19,20). The molecule has 0 atom stereocenters. The Morgan fingerprint density at radius 1 is 1.17 bits per heavy atom. The molecule has 0 saturated carbocycles. The van der Waals surface area contributed by atoms with Gasteiger partial charge in [0.05, 0.1) is 10.2 Å². The largest absolute Gasteiger partial charge is 0.476 e. The summed E-state index contributed by atoms with van der Waals surface area (Å²) in [6, 6.07) is 14.4. The number of aromatic carboxylic acids is 1. The average molecular weight is 328 g/mol. The summed E-state index contributed by atoms with van der Waals surface area (Å²) in [7, 11) is 0. The minimum absolute atomic E-state index is 0.0174. The quantitative estimate of drug-likeness (QED) is 0.761. The maximum Gasteiger partial charge on any atom is 0.411 e. The summed E-state index contributed by atoms with van der Waals surface area (Å²) in [5.41, 5.74) is 1.91. The van der Waals surface area contributed by atoms with E-state index >= 15 is 0 Å². The summed E-state index contributed by atoms with van der Waals surface area (Å²) in [6.45, 7) is 0.175. The van der Waals surface area contributed by atoms with Crippen LogP contribution in [0.4, 0.5) is 10.5 Å². The van der Waals surface area contributed by atoms with Crippen LogP contribution in [0.1, 0.15) is 15.4 Å². The van der Waals surface area contributed by atoms with Gasteiger partial charge in [0.25, 0.3) is 0 Å². The summed E-state index contributed by atoms with van der Waals surface area (Å²) in [5, 5.41) is 11.6. The first kappa shape index (κ1) is 15.0. The lowest BCUT2D eigenvalue weighted by atomic mass is 10.2. The number of carboxylic acids is 1. The van der Waals surface area contributed by atoms with Gasteiger partial charge in [0.2, 0.25) is 5.01 Å². The normalized spacial score (nSPS) is 10.4. The van der Waals surface area contributed by atoms with Crippen LogP contribution in [-0.2, 0) is 11.3 Å². The SMILES string of the molecule is O=C(Nc1ccc2sc(C(=O)O)nc2c1)OCc1ccccc1. The highest BCUT2D eigenvalue weighted by Gasteiger charge is 2.11. The van der Waals surface area contributed by atoms with Crippen LogP contribution in [0.15, 0.2) is 48.5 Å². The molecule has 0 bridgehead atoms. The number of aromatic nitrogens is 1. The van der Waals surface area contributed by atoms with E-state index in [4.69, 9.17) is 9.84 Å². The van der Waals surface area contributed by atoms with E-state index in [0.717, 1.165) is 21.6 Å². The zero-order valence-corrected chi connectivity index (χ0v) is 12.7. The molecule has 0 radical (unpaired) electrons. The van der Waals surface area contributed by atoms with Crippen LogP contribution < -0.4 is 5.32 Å². The van der Waals surface area contributed by atoms with Crippen molar-refractivity contribution in [2.75, 3.05) is 5.32 Å². The third-order valence-electron chi connectivity index (χ3n) is 3.03. The van der Waals surface area contributed by atoms with Gasteiger partial charge in [-0.15, -0.1) is 11.3 Å². The number of carboxylic acid groups (broad SMARTS) is 1. The Morgan fingerprint density at radius 2 is 1.96 bits per heavy atom. The molecule has 6 nitrogen and oxygen atoms in total. The fourth-order valence-corrected chi connectivity index (χ4v) is 2.76. The van der Waals surface area contributed by atoms with Crippen molar-refractivity contribution < 1.29 is 19.4 Å². The Morgan fingerprint density at radius 3 is 2.70 bits per heavy atom. The molecule has 0 saturated heterocycles. The molecule has 1 amide bonds. The van der Waals surface area contributed by atoms with Gasteiger partial charge in [-0.05, 0) is 23.8 Å². The van der Waals surface area contributed by atoms with Crippen molar-refractivity contribution in [1.82, 2.24) is 4.98 Å². The molecule has 3 aromatic rings. The first-order chi connectivity index (χ1) is 11.1. The summed E-state index contributed by atoms with van der Waals surface area (Å²) in [4.78, 5) is 26.7. The molecular weight excluding hydrogens is 316 g/mol. The van der Waals surface area contributed by atoms with E-state index in [9.17, 15) is 9.59 Å². The average Bonchev–Trinajstić information content (AvgIpc) is 2.97. The maximum atomic E-state index is 11.8. The smallest absolute Gasteiger partial charge is 0.411 e. The number of amides is 1.